The van der Waals surface area contributed by atoms with Crippen molar-refractivity contribution in [2.75, 3.05) is 34.3 Å². The third kappa shape index (κ3) is 4.15. The Kier molecular flexibility index (Phi) is 6.57. The number of thiophene rings is 1. The Labute approximate surface area is 195 Å². The molecule has 0 fully saturated rings. The topological polar surface area (TPSA) is 80.6 Å². The molecule has 2 aromatic carbocycles. The summed E-state index contributed by atoms with van der Waals surface area (Å²) in [4.78, 5) is 41.8. The fraction of sp³-hybridized carbons (Fsp3) is 0.240. The Bertz CT molecular complexity index is 1390. The number of amides is 1. The molecule has 4 aromatic rings. The predicted molar refractivity (Wildman–Crippen MR) is 132 cm³/mol. The van der Waals surface area contributed by atoms with Crippen molar-refractivity contribution in [2.24, 2.45) is 0 Å². The lowest BCUT2D eigenvalue weighted by Crippen LogP contribution is -2.32. The first-order valence-corrected chi connectivity index (χ1v) is 11.4. The number of likely N-dealkylation sites (N-methyl/N-ethyl adjacent to an activating group) is 2. The van der Waals surface area contributed by atoms with Gasteiger partial charge in [-0.15, -0.1) is 11.3 Å². The first-order valence-electron chi connectivity index (χ1n) is 10.6. The van der Waals surface area contributed by atoms with Gasteiger partial charge in [-0.05, 0) is 13.1 Å². The van der Waals surface area contributed by atoms with Crippen LogP contribution in [0, 0.1) is 0 Å². The number of rotatable bonds is 8. The lowest BCUT2D eigenvalue weighted by molar-refractivity contribution is 0.0798. The Balaban J connectivity index is 1.91. The van der Waals surface area contributed by atoms with Gasteiger partial charge >= 0.3 is 0 Å². The molecular formula is C25H25N3O4S. The average molecular weight is 464 g/mol. The molecule has 0 spiro atoms. The number of fused-ring (bicyclic) bond motifs is 3. The van der Waals surface area contributed by atoms with Crippen molar-refractivity contribution in [3.05, 3.63) is 75.4 Å². The monoisotopic (exact) mass is 463 g/mol. The summed E-state index contributed by atoms with van der Waals surface area (Å²) in [6, 6.07) is 16.3. The van der Waals surface area contributed by atoms with E-state index in [0.717, 1.165) is 5.39 Å². The van der Waals surface area contributed by atoms with Crippen LogP contribution in [0.25, 0.3) is 21.0 Å². The lowest BCUT2D eigenvalue weighted by atomic mass is 10.1. The summed E-state index contributed by atoms with van der Waals surface area (Å²) < 4.78 is 7.75. The highest BCUT2D eigenvalue weighted by molar-refractivity contribution is 7.22. The van der Waals surface area contributed by atoms with E-state index in [1.165, 1.54) is 23.0 Å². The zero-order chi connectivity index (χ0) is 23.5. The Morgan fingerprint density at radius 3 is 2.48 bits per heavy atom. The number of methoxy groups -OCH3 is 1. The maximum absolute atomic E-state index is 13.7. The highest BCUT2D eigenvalue weighted by Crippen LogP contribution is 2.40. The highest BCUT2D eigenvalue weighted by Gasteiger charge is 2.27. The number of carbonyl (C=O) groups excluding carboxylic acids is 2. The Hall–Kier alpha value is -3.49. The summed E-state index contributed by atoms with van der Waals surface area (Å²) in [5, 5.41) is 4.15. The van der Waals surface area contributed by atoms with Gasteiger partial charge < -0.3 is 15.0 Å². The van der Waals surface area contributed by atoms with Crippen molar-refractivity contribution in [1.29, 1.82) is 0 Å². The average Bonchev–Trinajstić information content (AvgIpc) is 3.25. The molecule has 2 heterocycles. The lowest BCUT2D eigenvalue weighted by Gasteiger charge is -2.16. The van der Waals surface area contributed by atoms with Gasteiger partial charge in [0.1, 0.15) is 10.3 Å². The van der Waals surface area contributed by atoms with Gasteiger partial charge in [0.05, 0.1) is 23.9 Å². The van der Waals surface area contributed by atoms with E-state index in [-0.39, 0.29) is 29.5 Å². The summed E-state index contributed by atoms with van der Waals surface area (Å²) in [5.74, 6) is -0.119. The van der Waals surface area contributed by atoms with Crippen molar-refractivity contribution in [2.45, 2.75) is 6.54 Å². The quantitative estimate of drug-likeness (QED) is 0.405. The number of hydrogen-bond acceptors (Lipinski definition) is 6. The highest BCUT2D eigenvalue weighted by atomic mass is 32.1. The number of nitrogens with zero attached hydrogens (tertiary/aromatic N) is 2. The van der Waals surface area contributed by atoms with E-state index < -0.39 is 0 Å². The van der Waals surface area contributed by atoms with Crippen LogP contribution in [0.5, 0.6) is 5.75 Å². The number of benzene rings is 2. The number of para-hydroxylation sites is 1. The second kappa shape index (κ2) is 9.56. The van der Waals surface area contributed by atoms with E-state index in [2.05, 4.69) is 5.32 Å². The van der Waals surface area contributed by atoms with Crippen LogP contribution in [-0.2, 0) is 6.54 Å². The molecular weight excluding hydrogens is 438 g/mol. The maximum atomic E-state index is 13.7. The number of Topliss-reactive ketones (excluding diaryl/α,β-unsaturated/α-hetero) is 1. The molecule has 4 rings (SSSR count). The first-order chi connectivity index (χ1) is 16.0. The molecule has 33 heavy (non-hydrogen) atoms. The fourth-order valence-corrected chi connectivity index (χ4v) is 5.14. The van der Waals surface area contributed by atoms with Gasteiger partial charge in [0.2, 0.25) is 0 Å². The van der Waals surface area contributed by atoms with E-state index in [9.17, 15) is 14.4 Å². The summed E-state index contributed by atoms with van der Waals surface area (Å²) in [6.45, 7) is 1.06. The van der Waals surface area contributed by atoms with E-state index in [1.807, 2.05) is 37.4 Å². The number of pyridine rings is 1. The zero-order valence-corrected chi connectivity index (χ0v) is 19.6. The van der Waals surface area contributed by atoms with Gasteiger partial charge in [-0.1, -0.05) is 48.5 Å². The third-order valence-corrected chi connectivity index (χ3v) is 6.80. The van der Waals surface area contributed by atoms with Crippen molar-refractivity contribution in [3.8, 4) is 5.75 Å². The van der Waals surface area contributed by atoms with Gasteiger partial charge in [-0.25, -0.2) is 0 Å². The number of carbonyl (C=O) groups is 2. The molecule has 0 radical (unpaired) electrons. The van der Waals surface area contributed by atoms with Crippen LogP contribution in [0.1, 0.15) is 20.0 Å². The molecule has 0 saturated carbocycles. The van der Waals surface area contributed by atoms with E-state index in [4.69, 9.17) is 4.74 Å². The van der Waals surface area contributed by atoms with Crippen LogP contribution < -0.4 is 15.6 Å². The fourth-order valence-electron chi connectivity index (χ4n) is 3.85. The molecule has 0 unspecified atom stereocenters. The van der Waals surface area contributed by atoms with Crippen molar-refractivity contribution >= 4 is 44.0 Å². The minimum absolute atomic E-state index is 0.107. The second-order valence-corrected chi connectivity index (χ2v) is 8.72. The molecule has 0 bridgehead atoms. The van der Waals surface area contributed by atoms with Crippen molar-refractivity contribution in [3.63, 3.8) is 0 Å². The Morgan fingerprint density at radius 2 is 1.79 bits per heavy atom. The van der Waals surface area contributed by atoms with Crippen LogP contribution in [0.15, 0.2) is 59.4 Å². The normalized spacial score (nSPS) is 11.1. The van der Waals surface area contributed by atoms with Crippen LogP contribution in [0.2, 0.25) is 0 Å². The predicted octanol–water partition coefficient (Wildman–Crippen LogP) is 3.40. The molecule has 0 aliphatic rings. The van der Waals surface area contributed by atoms with Gasteiger partial charge in [0, 0.05) is 31.1 Å². The number of ether oxygens (including phenoxy) is 1. The molecule has 1 amide bonds. The van der Waals surface area contributed by atoms with Gasteiger partial charge in [0.15, 0.2) is 11.5 Å². The molecule has 0 aliphatic heterocycles. The largest absolute Gasteiger partial charge is 0.494 e. The minimum Gasteiger partial charge on any atom is -0.494 e. The SMILES string of the molecule is CNCCN(C)C(=O)c1sc2c(c1OC)c(=O)n(CC(=O)c1ccccc1)c1ccccc21. The second-order valence-electron chi connectivity index (χ2n) is 7.70. The zero-order valence-electron chi connectivity index (χ0n) is 18.8. The van der Waals surface area contributed by atoms with Gasteiger partial charge in [0.25, 0.3) is 11.5 Å². The summed E-state index contributed by atoms with van der Waals surface area (Å²) >= 11 is 1.25. The standard InChI is InChI=1S/C25H25N3O4S/c1-26-13-14-27(2)25(31)23-21(32-3)20-22(33-23)17-11-7-8-12-18(17)28(24(20)30)15-19(29)16-9-5-4-6-10-16/h4-12,26H,13-15H2,1-3H3. The number of aromatic nitrogens is 1. The molecule has 2 aromatic heterocycles. The van der Waals surface area contributed by atoms with Crippen LogP contribution >= 0.6 is 11.3 Å². The summed E-state index contributed by atoms with van der Waals surface area (Å²) in [7, 11) is 5.00. The summed E-state index contributed by atoms with van der Waals surface area (Å²) in [6.07, 6.45) is 0. The maximum Gasteiger partial charge on any atom is 0.267 e. The van der Waals surface area contributed by atoms with Crippen LogP contribution in [-0.4, -0.2) is 55.5 Å². The van der Waals surface area contributed by atoms with Crippen LogP contribution in [0.4, 0.5) is 0 Å². The van der Waals surface area contributed by atoms with E-state index >= 15 is 0 Å². The smallest absolute Gasteiger partial charge is 0.267 e. The number of nitrogens with one attached hydrogen (secondary N) is 1. The van der Waals surface area contributed by atoms with Crippen LogP contribution in [0.3, 0.4) is 0 Å². The molecule has 0 atom stereocenters. The van der Waals surface area contributed by atoms with Crippen molar-refractivity contribution in [1.82, 2.24) is 14.8 Å². The molecule has 8 heteroatoms. The number of ketones is 1. The van der Waals surface area contributed by atoms with Gasteiger partial charge in [-0.2, -0.15) is 0 Å². The molecule has 7 nitrogen and oxygen atoms in total. The van der Waals surface area contributed by atoms with Crippen molar-refractivity contribution < 1.29 is 14.3 Å². The third-order valence-electron chi connectivity index (χ3n) is 5.60. The molecule has 1 N–H and O–H groups in total. The molecule has 0 aliphatic carbocycles. The first kappa shape index (κ1) is 22.7. The van der Waals surface area contributed by atoms with Gasteiger partial charge in [-0.3, -0.25) is 19.0 Å². The number of hydrogen-bond donors (Lipinski definition) is 1. The minimum atomic E-state index is -0.349. The van der Waals surface area contributed by atoms with E-state index in [0.29, 0.717) is 39.1 Å². The molecule has 170 valence electrons. The Morgan fingerprint density at radius 1 is 1.09 bits per heavy atom. The van der Waals surface area contributed by atoms with E-state index in [1.54, 1.807) is 36.2 Å². The molecule has 0 saturated heterocycles. The summed E-state index contributed by atoms with van der Waals surface area (Å²) in [5.41, 5.74) is 0.830.